The number of rotatable bonds is 12. The van der Waals surface area contributed by atoms with E-state index in [0.29, 0.717) is 29.4 Å². The van der Waals surface area contributed by atoms with Crippen molar-refractivity contribution in [3.05, 3.63) is 88.5 Å². The molecule has 0 saturated carbocycles. The molecule has 1 amide bonds. The van der Waals surface area contributed by atoms with Gasteiger partial charge in [0.1, 0.15) is 0 Å². The maximum absolute atomic E-state index is 13.3. The fourth-order valence-electron chi connectivity index (χ4n) is 6.56. The van der Waals surface area contributed by atoms with E-state index >= 15 is 0 Å². The molecule has 1 heterocycles. The molecule has 276 valence electrons. The second kappa shape index (κ2) is 16.8. The van der Waals surface area contributed by atoms with Gasteiger partial charge in [0.15, 0.2) is 0 Å². The summed E-state index contributed by atoms with van der Waals surface area (Å²) in [6.07, 6.45) is -0.759. The van der Waals surface area contributed by atoms with Gasteiger partial charge in [0.2, 0.25) is 0 Å². The zero-order chi connectivity index (χ0) is 37.1. The molecule has 1 aliphatic rings. The fourth-order valence-corrected chi connectivity index (χ4v) is 12.6. The molecule has 1 unspecified atom stereocenters. The molecule has 9 heteroatoms. The molecular formula is C41H57Cl2N3O3Ru. The summed E-state index contributed by atoms with van der Waals surface area (Å²) in [5, 5.41) is 1.21. The van der Waals surface area contributed by atoms with Crippen LogP contribution in [0.3, 0.4) is 0 Å². The van der Waals surface area contributed by atoms with Gasteiger partial charge >= 0.3 is 313 Å². The Morgan fingerprint density at radius 1 is 0.720 bits per heavy atom. The average molecular weight is 812 g/mol. The molecule has 0 aromatic heterocycles. The Morgan fingerprint density at radius 3 is 1.52 bits per heavy atom. The van der Waals surface area contributed by atoms with Crippen LogP contribution < -0.4 is 14.5 Å². The number of halogens is 2. The normalized spacial score (nSPS) is 14.8. The monoisotopic (exact) mass is 811 g/mol. The first kappa shape index (κ1) is 40.2. The number of benzene rings is 3. The van der Waals surface area contributed by atoms with Gasteiger partial charge in [-0.15, -0.1) is 0 Å². The molecule has 50 heavy (non-hydrogen) atoms. The zero-order valence-electron chi connectivity index (χ0n) is 31.9. The van der Waals surface area contributed by atoms with Crippen molar-refractivity contribution < 1.29 is 26.3 Å². The second-order valence-corrected chi connectivity index (χ2v) is 23.9. The Balaban J connectivity index is 2.10. The average Bonchev–Trinajstić information content (AvgIpc) is 3.51. The summed E-state index contributed by atoms with van der Waals surface area (Å²) >= 11 is -3.96. The molecule has 0 bridgehead atoms. The van der Waals surface area contributed by atoms with Crippen molar-refractivity contribution in [2.75, 3.05) is 37.0 Å². The van der Waals surface area contributed by atoms with Crippen molar-refractivity contribution in [3.63, 3.8) is 0 Å². The van der Waals surface area contributed by atoms with E-state index in [-0.39, 0.29) is 11.8 Å². The molecule has 3 aromatic carbocycles. The van der Waals surface area contributed by atoms with Crippen molar-refractivity contribution in [2.45, 2.75) is 99.0 Å². The van der Waals surface area contributed by atoms with E-state index in [9.17, 15) is 4.79 Å². The third kappa shape index (κ3) is 8.55. The first-order valence-electron chi connectivity index (χ1n) is 17.7. The number of ether oxygens (including phenoxy) is 1. The predicted octanol–water partition coefficient (Wildman–Crippen LogP) is 10.3. The zero-order valence-corrected chi connectivity index (χ0v) is 35.2. The molecule has 0 N–H and O–H groups in total. The van der Waals surface area contributed by atoms with E-state index in [1.165, 1.54) is 45.8 Å². The second-order valence-electron chi connectivity index (χ2n) is 14.6. The summed E-state index contributed by atoms with van der Waals surface area (Å²) in [7, 11) is 18.9. The first-order valence-corrected chi connectivity index (χ1v) is 24.1. The number of hydrogen-bond acceptors (Lipinski definition) is 5. The van der Waals surface area contributed by atoms with Crippen LogP contribution in [0.15, 0.2) is 60.7 Å². The molecule has 6 nitrogen and oxygen atoms in total. The number of hydroxylamine groups is 2. The Kier molecular flexibility index (Phi) is 13.5. The van der Waals surface area contributed by atoms with Crippen LogP contribution in [0.25, 0.3) is 0 Å². The van der Waals surface area contributed by atoms with Gasteiger partial charge in [0, 0.05) is 0 Å². The third-order valence-corrected chi connectivity index (χ3v) is 14.7. The quantitative estimate of drug-likeness (QED) is 0.135. The van der Waals surface area contributed by atoms with Gasteiger partial charge in [-0.05, 0) is 0 Å². The van der Waals surface area contributed by atoms with E-state index < -0.39 is 18.0 Å². The molecule has 0 radical (unpaired) electrons. The van der Waals surface area contributed by atoms with Crippen LogP contribution in [0.4, 0.5) is 11.4 Å². The van der Waals surface area contributed by atoms with Crippen LogP contribution in [0.5, 0.6) is 5.75 Å². The van der Waals surface area contributed by atoms with Gasteiger partial charge in [0.05, 0.1) is 0 Å². The Labute approximate surface area is 311 Å². The summed E-state index contributed by atoms with van der Waals surface area (Å²) in [5.74, 6) is 1.38. The van der Waals surface area contributed by atoms with Gasteiger partial charge in [-0.25, -0.2) is 0 Å². The molecule has 1 saturated heterocycles. The van der Waals surface area contributed by atoms with Crippen LogP contribution in [-0.4, -0.2) is 53.3 Å². The minimum absolute atomic E-state index is 0.107. The fraction of sp³-hybridized carbons (Fsp3) is 0.488. The summed E-state index contributed by atoms with van der Waals surface area (Å²) < 4.78 is 9.49. The summed E-state index contributed by atoms with van der Waals surface area (Å²) in [4.78, 5) is 23.4. The van der Waals surface area contributed by atoms with Gasteiger partial charge in [-0.3, -0.25) is 0 Å². The Hall–Kier alpha value is -2.57. The van der Waals surface area contributed by atoms with Crippen molar-refractivity contribution in [1.82, 2.24) is 5.06 Å². The first-order chi connectivity index (χ1) is 23.5. The molecule has 0 spiro atoms. The topological polar surface area (TPSA) is 45.2 Å². The predicted molar refractivity (Wildman–Crippen MR) is 211 cm³/mol. The van der Waals surface area contributed by atoms with Crippen LogP contribution in [-0.2, 0) is 21.5 Å². The molecular weight excluding hydrogens is 754 g/mol. The number of carbonyl (C=O) groups excluding carboxylic acids is 1. The van der Waals surface area contributed by atoms with Crippen LogP contribution in [0.2, 0.25) is 0 Å². The van der Waals surface area contributed by atoms with Gasteiger partial charge < -0.3 is 0 Å². The van der Waals surface area contributed by atoms with Crippen LogP contribution >= 0.6 is 19.4 Å². The molecule has 1 atom stereocenters. The number of carbonyl (C=O) groups is 1. The minimum atomic E-state index is -3.96. The van der Waals surface area contributed by atoms with Crippen LogP contribution in [0, 0.1) is 5.92 Å². The number of anilines is 2. The molecule has 1 aliphatic heterocycles. The number of para-hydroxylation sites is 3. The maximum atomic E-state index is 13.3. The van der Waals surface area contributed by atoms with E-state index in [2.05, 4.69) is 102 Å². The molecule has 4 rings (SSSR count). The summed E-state index contributed by atoms with van der Waals surface area (Å²) in [6.45, 7) is 23.5. The third-order valence-electron chi connectivity index (χ3n) is 9.26. The van der Waals surface area contributed by atoms with Crippen molar-refractivity contribution in [1.29, 1.82) is 0 Å². The molecule has 0 aliphatic carbocycles. The Morgan fingerprint density at radius 2 is 1.14 bits per heavy atom. The number of amides is 1. The number of likely N-dealkylation sites (N-methyl/N-ethyl adjacent to an activating group) is 1. The van der Waals surface area contributed by atoms with Gasteiger partial charge in [-0.1, -0.05) is 0 Å². The van der Waals surface area contributed by atoms with Crippen molar-refractivity contribution >= 4 is 45.6 Å². The Bertz CT molecular complexity index is 1660. The van der Waals surface area contributed by atoms with E-state index in [1.807, 2.05) is 42.7 Å². The summed E-state index contributed by atoms with van der Waals surface area (Å²) in [6, 6.07) is 21.1. The standard InChI is InChI=1S/C27H38N2.C14H19NO3.2ClH.Ru/c1-18(2)22-11-9-12-23(19(3)4)26(22)28-15-16-29(17-28)27-24(20(5)6)13-10-14-25(27)21(7)8;1-10(2)13(14(16)15(4)17-5)18-12-9-7-6-8-11(12)3;;;/h9-14,18-21H,15-16H2,1-8H3;3,6-10,13H,1-2,4-5H3;2*1H;/q;;;;+2/p-2. The summed E-state index contributed by atoms with van der Waals surface area (Å²) in [5.41, 5.74) is 8.31. The van der Waals surface area contributed by atoms with Gasteiger partial charge in [-0.2, -0.15) is 0 Å². The number of hydrogen-bond donors (Lipinski definition) is 0. The molecule has 3 aromatic rings. The van der Waals surface area contributed by atoms with E-state index in [0.717, 1.165) is 23.0 Å². The van der Waals surface area contributed by atoms with E-state index in [4.69, 9.17) is 29.0 Å². The van der Waals surface area contributed by atoms with Crippen LogP contribution in [0.1, 0.15) is 121 Å². The van der Waals surface area contributed by atoms with Crippen molar-refractivity contribution in [2.24, 2.45) is 5.92 Å². The van der Waals surface area contributed by atoms with Crippen molar-refractivity contribution in [3.8, 4) is 5.75 Å². The van der Waals surface area contributed by atoms with Gasteiger partial charge in [0.25, 0.3) is 0 Å². The van der Waals surface area contributed by atoms with E-state index in [1.54, 1.807) is 7.05 Å². The SMILES string of the molecule is CON(C)C(=O)C(Oc1ccccc1[CH]=[Ru]([Cl])([Cl])=[C]1N(c2c(C(C)C)cccc2C(C)C)CCN1c1c(C(C)C)cccc1C(C)C)C(C)C. The number of nitrogens with zero attached hydrogens (tertiary/aromatic N) is 3. The molecule has 1 fully saturated rings.